The summed E-state index contributed by atoms with van der Waals surface area (Å²) in [6.45, 7) is 1.50. The summed E-state index contributed by atoms with van der Waals surface area (Å²) in [6.07, 6.45) is -4.58. The topological polar surface area (TPSA) is 45.0 Å². The second-order valence-electron chi connectivity index (χ2n) is 3.70. The van der Waals surface area contributed by atoms with Crippen LogP contribution in [0.4, 0.5) is 13.2 Å². The molecule has 6 heteroatoms. The maximum atomic E-state index is 11.7. The first-order valence-corrected chi connectivity index (χ1v) is 5.36. The fraction of sp³-hybridized carbons (Fsp3) is 0.417. The number of halogens is 3. The summed E-state index contributed by atoms with van der Waals surface area (Å²) in [7, 11) is 0. The first kappa shape index (κ1) is 14.5. The van der Waals surface area contributed by atoms with Crippen molar-refractivity contribution in [3.63, 3.8) is 0 Å². The first-order chi connectivity index (χ1) is 8.42. The largest absolute Gasteiger partial charge is 0.522 e. The van der Waals surface area contributed by atoms with E-state index in [1.807, 2.05) is 13.0 Å². The fourth-order valence-electron chi connectivity index (χ4n) is 1.41. The molecule has 0 radical (unpaired) electrons. The summed E-state index contributed by atoms with van der Waals surface area (Å²) < 4.78 is 38.8. The second kappa shape index (κ2) is 6.38. The number of nitriles is 1. The van der Waals surface area contributed by atoms with Crippen LogP contribution in [0.2, 0.25) is 0 Å². The minimum atomic E-state index is -4.58. The Bertz CT molecular complexity index is 409. The molecule has 0 aliphatic carbocycles. The highest BCUT2D eigenvalue weighted by atomic mass is 19.4. The van der Waals surface area contributed by atoms with Crippen LogP contribution >= 0.6 is 0 Å². The van der Waals surface area contributed by atoms with Crippen LogP contribution < -0.4 is 5.32 Å². The number of hydrogen-bond donors (Lipinski definition) is 1. The van der Waals surface area contributed by atoms with E-state index >= 15 is 0 Å². The highest BCUT2D eigenvalue weighted by Crippen LogP contribution is 2.16. The van der Waals surface area contributed by atoms with Gasteiger partial charge in [-0.1, -0.05) is 12.1 Å². The fourth-order valence-corrected chi connectivity index (χ4v) is 1.41. The molecule has 0 saturated carbocycles. The van der Waals surface area contributed by atoms with Crippen molar-refractivity contribution in [1.82, 2.24) is 5.32 Å². The quantitative estimate of drug-likeness (QED) is 0.826. The van der Waals surface area contributed by atoms with Gasteiger partial charge in [0.15, 0.2) is 0 Å². The normalized spacial score (nSPS) is 13.1. The molecule has 1 unspecified atom stereocenters. The van der Waals surface area contributed by atoms with E-state index in [0.717, 1.165) is 5.56 Å². The average Bonchev–Trinajstić information content (AvgIpc) is 2.33. The van der Waals surface area contributed by atoms with Crippen LogP contribution in [-0.2, 0) is 4.74 Å². The minimum absolute atomic E-state index is 0.0979. The van der Waals surface area contributed by atoms with E-state index in [4.69, 9.17) is 5.26 Å². The number of benzene rings is 1. The van der Waals surface area contributed by atoms with Gasteiger partial charge >= 0.3 is 6.36 Å². The SMILES string of the molecule is CC(NCCOC(F)(F)F)c1ccc(C#N)cc1. The number of ether oxygens (including phenoxy) is 1. The van der Waals surface area contributed by atoms with Crippen LogP contribution in [0.25, 0.3) is 0 Å². The Morgan fingerprint density at radius 1 is 1.33 bits per heavy atom. The predicted molar refractivity (Wildman–Crippen MR) is 59.6 cm³/mol. The summed E-state index contributed by atoms with van der Waals surface area (Å²) in [5.41, 5.74) is 1.45. The smallest absolute Gasteiger partial charge is 0.308 e. The molecule has 1 rings (SSSR count). The lowest BCUT2D eigenvalue weighted by Crippen LogP contribution is -2.26. The molecular weight excluding hydrogens is 245 g/mol. The van der Waals surface area contributed by atoms with Crippen molar-refractivity contribution in [3.05, 3.63) is 35.4 Å². The van der Waals surface area contributed by atoms with Gasteiger partial charge in [-0.05, 0) is 24.6 Å². The highest BCUT2D eigenvalue weighted by molar-refractivity contribution is 5.32. The zero-order valence-corrected chi connectivity index (χ0v) is 9.79. The zero-order valence-electron chi connectivity index (χ0n) is 9.79. The molecule has 0 spiro atoms. The van der Waals surface area contributed by atoms with E-state index < -0.39 is 13.0 Å². The van der Waals surface area contributed by atoms with Gasteiger partial charge in [0.1, 0.15) is 0 Å². The summed E-state index contributed by atoms with van der Waals surface area (Å²) >= 11 is 0. The van der Waals surface area contributed by atoms with E-state index in [2.05, 4.69) is 10.1 Å². The third-order valence-electron chi connectivity index (χ3n) is 2.36. The van der Waals surface area contributed by atoms with Crippen molar-refractivity contribution in [2.24, 2.45) is 0 Å². The van der Waals surface area contributed by atoms with Crippen LogP contribution in [0.3, 0.4) is 0 Å². The Labute approximate surface area is 103 Å². The Kier molecular flexibility index (Phi) is 5.13. The molecule has 18 heavy (non-hydrogen) atoms. The molecule has 1 atom stereocenters. The molecule has 0 amide bonds. The monoisotopic (exact) mass is 258 g/mol. The van der Waals surface area contributed by atoms with Crippen molar-refractivity contribution in [1.29, 1.82) is 5.26 Å². The molecule has 0 aliphatic rings. The van der Waals surface area contributed by atoms with E-state index in [9.17, 15) is 13.2 Å². The molecule has 1 aromatic carbocycles. The molecule has 98 valence electrons. The zero-order chi connectivity index (χ0) is 13.6. The van der Waals surface area contributed by atoms with Crippen LogP contribution in [-0.4, -0.2) is 19.5 Å². The third kappa shape index (κ3) is 5.17. The second-order valence-corrected chi connectivity index (χ2v) is 3.70. The Hall–Kier alpha value is -1.58. The summed E-state index contributed by atoms with van der Waals surface area (Å²) in [5, 5.41) is 11.5. The average molecular weight is 258 g/mol. The maximum Gasteiger partial charge on any atom is 0.522 e. The van der Waals surface area contributed by atoms with Gasteiger partial charge in [0.2, 0.25) is 0 Å². The molecule has 0 heterocycles. The van der Waals surface area contributed by atoms with Crippen LogP contribution in [0.15, 0.2) is 24.3 Å². The van der Waals surface area contributed by atoms with E-state index in [1.165, 1.54) is 0 Å². The van der Waals surface area contributed by atoms with Gasteiger partial charge in [-0.15, -0.1) is 13.2 Å². The van der Waals surface area contributed by atoms with E-state index in [0.29, 0.717) is 5.56 Å². The standard InChI is InChI=1S/C12H13F3N2O/c1-9(17-6-7-18-12(13,14)15)11-4-2-10(8-16)3-5-11/h2-5,9,17H,6-7H2,1H3. The first-order valence-electron chi connectivity index (χ1n) is 5.36. The summed E-state index contributed by atoms with van der Waals surface area (Å²) in [4.78, 5) is 0. The number of rotatable bonds is 5. The van der Waals surface area contributed by atoms with Gasteiger partial charge in [-0.3, -0.25) is 4.74 Å². The minimum Gasteiger partial charge on any atom is -0.308 e. The van der Waals surface area contributed by atoms with Crippen molar-refractivity contribution < 1.29 is 17.9 Å². The van der Waals surface area contributed by atoms with Crippen molar-refractivity contribution >= 4 is 0 Å². The molecule has 0 saturated heterocycles. The lowest BCUT2D eigenvalue weighted by Gasteiger charge is -2.14. The lowest BCUT2D eigenvalue weighted by molar-refractivity contribution is -0.323. The van der Waals surface area contributed by atoms with E-state index in [1.54, 1.807) is 24.3 Å². The van der Waals surface area contributed by atoms with Crippen LogP contribution in [0.5, 0.6) is 0 Å². The lowest BCUT2D eigenvalue weighted by atomic mass is 10.1. The predicted octanol–water partition coefficient (Wildman–Crippen LogP) is 2.75. The Morgan fingerprint density at radius 2 is 1.94 bits per heavy atom. The van der Waals surface area contributed by atoms with Crippen molar-refractivity contribution in [3.8, 4) is 6.07 Å². The van der Waals surface area contributed by atoms with Gasteiger partial charge in [-0.25, -0.2) is 0 Å². The molecule has 3 nitrogen and oxygen atoms in total. The van der Waals surface area contributed by atoms with Crippen LogP contribution in [0, 0.1) is 11.3 Å². The van der Waals surface area contributed by atoms with E-state index in [-0.39, 0.29) is 12.6 Å². The Morgan fingerprint density at radius 3 is 2.44 bits per heavy atom. The summed E-state index contributed by atoms with van der Waals surface area (Å²) in [5.74, 6) is 0. The van der Waals surface area contributed by atoms with Gasteiger partial charge in [0.05, 0.1) is 18.2 Å². The highest BCUT2D eigenvalue weighted by Gasteiger charge is 2.28. The van der Waals surface area contributed by atoms with Gasteiger partial charge in [0, 0.05) is 12.6 Å². The van der Waals surface area contributed by atoms with Gasteiger partial charge in [0.25, 0.3) is 0 Å². The molecular formula is C12H13F3N2O. The van der Waals surface area contributed by atoms with Crippen molar-refractivity contribution in [2.75, 3.05) is 13.2 Å². The van der Waals surface area contributed by atoms with Gasteiger partial charge in [-0.2, -0.15) is 5.26 Å². The van der Waals surface area contributed by atoms with Crippen LogP contribution in [0.1, 0.15) is 24.1 Å². The molecule has 1 N–H and O–H groups in total. The number of nitrogens with zero attached hydrogens (tertiary/aromatic N) is 1. The maximum absolute atomic E-state index is 11.7. The Balaban J connectivity index is 2.36. The molecule has 1 aromatic rings. The third-order valence-corrected chi connectivity index (χ3v) is 2.36. The van der Waals surface area contributed by atoms with Crippen molar-refractivity contribution in [2.45, 2.75) is 19.3 Å². The summed E-state index contributed by atoms with van der Waals surface area (Å²) in [6, 6.07) is 8.76. The molecule has 0 aromatic heterocycles. The molecule has 0 aliphatic heterocycles. The molecule has 0 fully saturated rings. The number of nitrogens with one attached hydrogen (secondary N) is 1. The number of hydrogen-bond acceptors (Lipinski definition) is 3. The van der Waals surface area contributed by atoms with Gasteiger partial charge < -0.3 is 5.32 Å². The molecule has 0 bridgehead atoms. The number of alkyl halides is 3.